The summed E-state index contributed by atoms with van der Waals surface area (Å²) in [5.41, 5.74) is 6.52. The standard InChI is InChI=1S/C26H16Cl2N4O2/c27-15-5-9-17(10-6-15)31-22-13-26(34)21-4-2-1-3-19(21)24(33)23(26)20(14-29)25(30)32(22)18-11-7-16(28)8-12-18/h1-12,30,34H,13H2/p+1. The van der Waals surface area contributed by atoms with Gasteiger partial charge in [0.05, 0.1) is 12.0 Å². The highest BCUT2D eigenvalue weighted by atomic mass is 35.5. The molecule has 1 atom stereocenters. The fourth-order valence-corrected chi connectivity index (χ4v) is 4.69. The molecule has 0 saturated carbocycles. The molecule has 166 valence electrons. The summed E-state index contributed by atoms with van der Waals surface area (Å²) in [6.07, 6.45) is -0.0950. The largest absolute Gasteiger partial charge is 0.380 e. The molecule has 0 fully saturated rings. The van der Waals surface area contributed by atoms with Crippen molar-refractivity contribution < 1.29 is 14.5 Å². The number of amidine groups is 2. The van der Waals surface area contributed by atoms with Gasteiger partial charge in [-0.3, -0.25) is 4.79 Å². The van der Waals surface area contributed by atoms with Gasteiger partial charge in [0.25, 0.3) is 0 Å². The minimum Gasteiger partial charge on any atom is -0.380 e. The van der Waals surface area contributed by atoms with Gasteiger partial charge in [0.2, 0.25) is 11.7 Å². The molecule has 34 heavy (non-hydrogen) atoms. The van der Waals surface area contributed by atoms with E-state index in [2.05, 4.69) is 6.07 Å². The summed E-state index contributed by atoms with van der Waals surface area (Å²) in [5.74, 6) is -0.0945. The van der Waals surface area contributed by atoms with Crippen LogP contribution in [0.2, 0.25) is 10.0 Å². The number of hydrogen-bond acceptors (Lipinski definition) is 5. The summed E-state index contributed by atoms with van der Waals surface area (Å²) in [5, 5.41) is 23.1. The molecule has 1 unspecified atom stereocenters. The number of nitriles is 1. The lowest BCUT2D eigenvalue weighted by molar-refractivity contribution is -0.311. The summed E-state index contributed by atoms with van der Waals surface area (Å²) < 4.78 is 1.57. The van der Waals surface area contributed by atoms with Crippen molar-refractivity contribution in [3.05, 3.63) is 105 Å². The molecule has 1 aliphatic heterocycles. The number of benzene rings is 3. The molecule has 0 aromatic heterocycles. The molecule has 1 heterocycles. The summed E-state index contributed by atoms with van der Waals surface area (Å²) >= 11 is 12.1. The lowest BCUT2D eigenvalue weighted by Gasteiger charge is -2.23. The molecule has 0 amide bonds. The monoisotopic (exact) mass is 487 g/mol. The van der Waals surface area contributed by atoms with Crippen LogP contribution in [0.15, 0.2) is 88.9 Å². The zero-order valence-corrected chi connectivity index (χ0v) is 19.2. The molecule has 3 aromatic rings. The SMILES string of the molecule is N#CC1=C2C(=O)c3ccccc3C2(O)CC(=Nc2ccc(Cl)cc2)[N+](c2ccc(Cl)cc2)=C1N. The van der Waals surface area contributed by atoms with E-state index in [1.165, 1.54) is 0 Å². The zero-order chi connectivity index (χ0) is 24.0. The summed E-state index contributed by atoms with van der Waals surface area (Å²) in [6, 6.07) is 22.5. The molecule has 3 N–H and O–H groups in total. The van der Waals surface area contributed by atoms with Gasteiger partial charge in [-0.15, -0.1) is 4.99 Å². The van der Waals surface area contributed by atoms with E-state index in [9.17, 15) is 15.2 Å². The Kier molecular flexibility index (Phi) is 5.34. The Balaban J connectivity index is 1.83. The molecular formula is C26H17Cl2N4O2+. The van der Waals surface area contributed by atoms with Gasteiger partial charge in [-0.05, 0) is 54.1 Å². The Hall–Kier alpha value is -3.76. The van der Waals surface area contributed by atoms with Gasteiger partial charge >= 0.3 is 0 Å². The normalized spacial score (nSPS) is 20.8. The van der Waals surface area contributed by atoms with E-state index in [0.717, 1.165) is 0 Å². The number of halogens is 2. The summed E-state index contributed by atoms with van der Waals surface area (Å²) in [6.45, 7) is 0. The number of nitrogens with two attached hydrogens (primary N) is 1. The van der Waals surface area contributed by atoms with Crippen LogP contribution in [0, 0.1) is 11.3 Å². The molecular weight excluding hydrogens is 471 g/mol. The Bertz CT molecular complexity index is 1480. The van der Waals surface area contributed by atoms with Gasteiger partial charge in [-0.25, -0.2) is 0 Å². The fraction of sp³-hybridized carbons (Fsp3) is 0.0769. The van der Waals surface area contributed by atoms with Crippen LogP contribution >= 0.6 is 23.2 Å². The maximum Gasteiger partial charge on any atom is 0.247 e. The smallest absolute Gasteiger partial charge is 0.247 e. The third-order valence-electron chi connectivity index (χ3n) is 5.96. The van der Waals surface area contributed by atoms with Gasteiger partial charge in [0.1, 0.15) is 28.6 Å². The number of rotatable bonds is 2. The predicted molar refractivity (Wildman–Crippen MR) is 131 cm³/mol. The number of fused-ring (bicyclic) bond motifs is 3. The van der Waals surface area contributed by atoms with Crippen LogP contribution < -0.4 is 5.73 Å². The predicted octanol–water partition coefficient (Wildman–Crippen LogP) is 5.03. The van der Waals surface area contributed by atoms with Gasteiger partial charge in [-0.1, -0.05) is 47.5 Å². The molecule has 0 bridgehead atoms. The van der Waals surface area contributed by atoms with Gasteiger partial charge < -0.3 is 10.8 Å². The first kappa shape index (κ1) is 22.1. The first-order valence-corrected chi connectivity index (χ1v) is 11.1. The van der Waals surface area contributed by atoms with Crippen molar-refractivity contribution in [2.75, 3.05) is 0 Å². The van der Waals surface area contributed by atoms with Gasteiger partial charge in [-0.2, -0.15) is 9.84 Å². The Morgan fingerprint density at radius 2 is 1.62 bits per heavy atom. The lowest BCUT2D eigenvalue weighted by atomic mass is 9.86. The number of aliphatic hydroxyl groups is 1. The van der Waals surface area contributed by atoms with Crippen molar-refractivity contribution in [1.82, 2.24) is 0 Å². The van der Waals surface area contributed by atoms with Crippen molar-refractivity contribution in [1.29, 1.82) is 5.26 Å². The fourth-order valence-electron chi connectivity index (χ4n) is 4.44. The number of Topliss-reactive ketones (excluding diaryl/α,β-unsaturated/α-hetero) is 1. The number of hydrogen-bond donors (Lipinski definition) is 2. The maximum absolute atomic E-state index is 13.4. The van der Waals surface area contributed by atoms with Crippen LogP contribution in [-0.4, -0.2) is 27.1 Å². The van der Waals surface area contributed by atoms with Crippen molar-refractivity contribution in [3.8, 4) is 6.07 Å². The molecule has 0 spiro atoms. The zero-order valence-electron chi connectivity index (χ0n) is 17.7. The first-order chi connectivity index (χ1) is 16.3. The first-order valence-electron chi connectivity index (χ1n) is 10.4. The van der Waals surface area contributed by atoms with Crippen LogP contribution in [0.25, 0.3) is 0 Å². The van der Waals surface area contributed by atoms with Gasteiger partial charge in [0, 0.05) is 15.6 Å². The van der Waals surface area contributed by atoms with E-state index >= 15 is 0 Å². The van der Waals surface area contributed by atoms with E-state index in [0.29, 0.717) is 38.4 Å². The second-order valence-corrected chi connectivity index (χ2v) is 8.85. The van der Waals surface area contributed by atoms with Crippen LogP contribution in [0.1, 0.15) is 22.3 Å². The average molecular weight is 488 g/mol. The highest BCUT2D eigenvalue weighted by Crippen LogP contribution is 2.47. The van der Waals surface area contributed by atoms with Crippen molar-refractivity contribution in [2.45, 2.75) is 12.0 Å². The Morgan fingerprint density at radius 3 is 2.26 bits per heavy atom. The number of carbonyl (C=O) groups excluding carboxylic acids is 1. The lowest BCUT2D eigenvalue weighted by Crippen LogP contribution is -2.32. The molecule has 8 heteroatoms. The molecule has 0 saturated heterocycles. The second kappa shape index (κ2) is 8.23. The Morgan fingerprint density at radius 1 is 1.00 bits per heavy atom. The van der Waals surface area contributed by atoms with Crippen LogP contribution in [0.3, 0.4) is 0 Å². The third-order valence-corrected chi connectivity index (χ3v) is 6.46. The topological polar surface area (TPSA) is 102 Å². The molecule has 6 nitrogen and oxygen atoms in total. The molecule has 2 aliphatic rings. The van der Waals surface area contributed by atoms with E-state index in [1.807, 2.05) is 0 Å². The van der Waals surface area contributed by atoms with Crippen LogP contribution in [0.4, 0.5) is 11.4 Å². The van der Waals surface area contributed by atoms with Crippen molar-refractivity contribution in [3.63, 3.8) is 0 Å². The van der Waals surface area contributed by atoms with Crippen LogP contribution in [0.5, 0.6) is 0 Å². The van der Waals surface area contributed by atoms with Crippen molar-refractivity contribution in [2.24, 2.45) is 10.7 Å². The van der Waals surface area contributed by atoms with Crippen molar-refractivity contribution >= 4 is 52.0 Å². The summed E-state index contributed by atoms with van der Waals surface area (Å²) in [4.78, 5) is 18.1. The third kappa shape index (κ3) is 3.42. The molecule has 1 aliphatic carbocycles. The quantitative estimate of drug-likeness (QED) is 0.494. The minimum absolute atomic E-state index is 0.00961. The number of carbonyl (C=O) groups is 1. The number of nitrogens with zero attached hydrogens (tertiary/aromatic N) is 3. The number of ketones is 1. The van der Waals surface area contributed by atoms with Crippen LogP contribution in [-0.2, 0) is 5.60 Å². The molecule has 3 aromatic carbocycles. The number of aliphatic imine (C=N–C) groups is 1. The van der Waals surface area contributed by atoms with Gasteiger partial charge in [0.15, 0.2) is 5.78 Å². The second-order valence-electron chi connectivity index (χ2n) is 7.98. The highest BCUT2D eigenvalue weighted by molar-refractivity contribution is 6.31. The summed E-state index contributed by atoms with van der Waals surface area (Å²) in [7, 11) is 0. The minimum atomic E-state index is -1.78. The van der Waals surface area contributed by atoms with E-state index in [-0.39, 0.29) is 23.4 Å². The highest BCUT2D eigenvalue weighted by Gasteiger charge is 2.53. The Labute approximate surface area is 205 Å². The average Bonchev–Trinajstić information content (AvgIpc) is 2.98. The van der Waals surface area contributed by atoms with E-state index in [1.54, 1.807) is 77.4 Å². The van der Waals surface area contributed by atoms with E-state index < -0.39 is 11.4 Å². The molecule has 5 rings (SSSR count). The molecule has 0 radical (unpaired) electrons. The maximum atomic E-state index is 13.4. The van der Waals surface area contributed by atoms with E-state index in [4.69, 9.17) is 33.9 Å².